The van der Waals surface area contributed by atoms with Crippen LogP contribution in [-0.4, -0.2) is 46.2 Å². The zero-order valence-corrected chi connectivity index (χ0v) is 19.8. The van der Waals surface area contributed by atoms with E-state index in [1.165, 1.54) is 25.3 Å². The zero-order chi connectivity index (χ0) is 25.8. The van der Waals surface area contributed by atoms with Crippen molar-refractivity contribution in [3.05, 3.63) is 94.6 Å². The Bertz CT molecular complexity index is 1470. The molecular formula is C27H21ClN2O6. The summed E-state index contributed by atoms with van der Waals surface area (Å²) in [5.41, 5.74) is 2.26. The van der Waals surface area contributed by atoms with E-state index in [1.807, 2.05) is 6.07 Å². The second kappa shape index (κ2) is 10.5. The van der Waals surface area contributed by atoms with Crippen LogP contribution in [0, 0.1) is 0 Å². The number of ether oxygens (including phenoxy) is 1. The number of benzene rings is 3. The predicted molar refractivity (Wildman–Crippen MR) is 134 cm³/mol. The average Bonchev–Trinajstić information content (AvgIpc) is 2.87. The molecule has 0 aliphatic carbocycles. The first-order chi connectivity index (χ1) is 17.2. The van der Waals surface area contributed by atoms with Crippen molar-refractivity contribution in [2.75, 3.05) is 7.11 Å². The number of aromatic hydroxyl groups is 1. The average molecular weight is 505 g/mol. The number of phenols is 1. The molecule has 1 amide bonds. The highest BCUT2D eigenvalue weighted by atomic mass is 35.5. The molecular weight excluding hydrogens is 484 g/mol. The van der Waals surface area contributed by atoms with Gasteiger partial charge in [-0.15, -0.1) is 0 Å². The Balaban J connectivity index is 1.67. The van der Waals surface area contributed by atoms with Gasteiger partial charge in [0.1, 0.15) is 17.5 Å². The first-order valence-electron chi connectivity index (χ1n) is 10.9. The first-order valence-corrected chi connectivity index (χ1v) is 11.2. The van der Waals surface area contributed by atoms with Crippen LogP contribution >= 0.6 is 11.6 Å². The summed E-state index contributed by atoms with van der Waals surface area (Å²) in [5.74, 6) is -2.57. The lowest BCUT2D eigenvalue weighted by Gasteiger charge is -2.17. The van der Waals surface area contributed by atoms with Gasteiger partial charge in [-0.1, -0.05) is 41.9 Å². The third-order valence-corrected chi connectivity index (χ3v) is 5.83. The Morgan fingerprint density at radius 3 is 2.39 bits per heavy atom. The van der Waals surface area contributed by atoms with Gasteiger partial charge in [0.15, 0.2) is 0 Å². The summed E-state index contributed by atoms with van der Waals surface area (Å²) >= 11 is 6.09. The summed E-state index contributed by atoms with van der Waals surface area (Å²) in [7, 11) is 1.20. The monoisotopic (exact) mass is 504 g/mol. The Labute approximate surface area is 211 Å². The van der Waals surface area contributed by atoms with Crippen molar-refractivity contribution in [2.24, 2.45) is 0 Å². The SMILES string of the molecule is COC(=O)C(Cc1ccc(O)cc1)NC(=O)c1cc(C(=O)O)c2cc(-c3cccc(Cl)c3)ccc2n1. The van der Waals surface area contributed by atoms with Crippen LogP contribution in [0.5, 0.6) is 5.75 Å². The van der Waals surface area contributed by atoms with Gasteiger partial charge in [-0.05, 0) is 59.2 Å². The van der Waals surface area contributed by atoms with Crippen LogP contribution in [0.15, 0.2) is 72.8 Å². The van der Waals surface area contributed by atoms with Crippen molar-refractivity contribution in [3.8, 4) is 16.9 Å². The fourth-order valence-corrected chi connectivity index (χ4v) is 3.99. The minimum absolute atomic E-state index is 0.0671. The van der Waals surface area contributed by atoms with Crippen LogP contribution in [0.4, 0.5) is 0 Å². The van der Waals surface area contributed by atoms with E-state index in [0.29, 0.717) is 21.5 Å². The Kier molecular flexibility index (Phi) is 7.17. The summed E-state index contributed by atoms with van der Waals surface area (Å²) in [5, 5.41) is 22.8. The third kappa shape index (κ3) is 5.45. The highest BCUT2D eigenvalue weighted by Gasteiger charge is 2.25. The number of phenolic OH excluding ortho intramolecular Hbond substituents is 1. The lowest BCUT2D eigenvalue weighted by molar-refractivity contribution is -0.142. The fourth-order valence-electron chi connectivity index (χ4n) is 3.80. The molecule has 0 radical (unpaired) electrons. The van der Waals surface area contributed by atoms with Crippen LogP contribution < -0.4 is 5.32 Å². The summed E-state index contributed by atoms with van der Waals surface area (Å²) < 4.78 is 4.81. The summed E-state index contributed by atoms with van der Waals surface area (Å²) in [6, 6.07) is 18.5. The third-order valence-electron chi connectivity index (χ3n) is 5.60. The lowest BCUT2D eigenvalue weighted by Crippen LogP contribution is -2.43. The van der Waals surface area contributed by atoms with Gasteiger partial charge in [-0.25, -0.2) is 14.6 Å². The van der Waals surface area contributed by atoms with E-state index in [0.717, 1.165) is 11.1 Å². The molecule has 0 fully saturated rings. The number of amides is 1. The molecule has 4 aromatic rings. The maximum absolute atomic E-state index is 13.0. The molecule has 0 spiro atoms. The molecule has 1 aromatic heterocycles. The van der Waals surface area contributed by atoms with Crippen molar-refractivity contribution in [1.29, 1.82) is 0 Å². The minimum atomic E-state index is -1.23. The molecule has 8 nitrogen and oxygen atoms in total. The summed E-state index contributed by atoms with van der Waals surface area (Å²) in [4.78, 5) is 41.8. The Morgan fingerprint density at radius 1 is 1.00 bits per heavy atom. The van der Waals surface area contributed by atoms with E-state index >= 15 is 0 Å². The van der Waals surface area contributed by atoms with E-state index in [1.54, 1.807) is 48.5 Å². The van der Waals surface area contributed by atoms with Gasteiger partial charge in [0.25, 0.3) is 5.91 Å². The molecule has 9 heteroatoms. The van der Waals surface area contributed by atoms with E-state index in [-0.39, 0.29) is 23.4 Å². The maximum Gasteiger partial charge on any atom is 0.336 e. The quantitative estimate of drug-likeness (QED) is 0.317. The first kappa shape index (κ1) is 24.7. The highest BCUT2D eigenvalue weighted by molar-refractivity contribution is 6.30. The molecule has 1 heterocycles. The van der Waals surface area contributed by atoms with Gasteiger partial charge >= 0.3 is 11.9 Å². The number of hydrogen-bond donors (Lipinski definition) is 3. The van der Waals surface area contributed by atoms with E-state index < -0.39 is 23.9 Å². The van der Waals surface area contributed by atoms with E-state index in [9.17, 15) is 24.6 Å². The molecule has 3 aromatic carbocycles. The number of aromatic nitrogens is 1. The van der Waals surface area contributed by atoms with Gasteiger partial charge in [0.05, 0.1) is 18.2 Å². The van der Waals surface area contributed by atoms with Crippen molar-refractivity contribution >= 4 is 40.3 Å². The predicted octanol–water partition coefficient (Wildman–Crippen LogP) is 4.47. The summed E-state index contributed by atoms with van der Waals surface area (Å²) in [6.45, 7) is 0. The number of carbonyl (C=O) groups is 3. The molecule has 3 N–H and O–H groups in total. The second-order valence-corrected chi connectivity index (χ2v) is 8.46. The highest BCUT2D eigenvalue weighted by Crippen LogP contribution is 2.28. The van der Waals surface area contributed by atoms with Crippen LogP contribution in [0.25, 0.3) is 22.0 Å². The molecule has 4 rings (SSSR count). The number of carbonyl (C=O) groups excluding carboxylic acids is 2. The number of esters is 1. The van der Waals surface area contributed by atoms with Crippen molar-refractivity contribution in [1.82, 2.24) is 10.3 Å². The lowest BCUT2D eigenvalue weighted by atomic mass is 10.00. The number of halogens is 1. The number of carboxylic acids is 1. The number of hydrogen-bond acceptors (Lipinski definition) is 6. The van der Waals surface area contributed by atoms with Gasteiger partial charge < -0.3 is 20.3 Å². The van der Waals surface area contributed by atoms with E-state index in [4.69, 9.17) is 16.3 Å². The number of methoxy groups -OCH3 is 1. The molecule has 36 heavy (non-hydrogen) atoms. The van der Waals surface area contributed by atoms with Crippen LogP contribution in [0.2, 0.25) is 5.02 Å². The molecule has 1 atom stereocenters. The Hall–Kier alpha value is -4.43. The number of pyridine rings is 1. The summed E-state index contributed by atoms with van der Waals surface area (Å²) in [6.07, 6.45) is 0.0983. The van der Waals surface area contributed by atoms with Gasteiger partial charge in [-0.3, -0.25) is 4.79 Å². The molecule has 0 saturated heterocycles. The smallest absolute Gasteiger partial charge is 0.336 e. The molecule has 0 bridgehead atoms. The van der Waals surface area contributed by atoms with Crippen molar-refractivity contribution in [2.45, 2.75) is 12.5 Å². The van der Waals surface area contributed by atoms with Crippen molar-refractivity contribution < 1.29 is 29.3 Å². The number of nitrogens with zero attached hydrogens (tertiary/aromatic N) is 1. The topological polar surface area (TPSA) is 126 Å². The van der Waals surface area contributed by atoms with E-state index in [2.05, 4.69) is 10.3 Å². The molecule has 0 aliphatic heterocycles. The molecule has 182 valence electrons. The number of carboxylic acid groups (broad SMARTS) is 1. The van der Waals surface area contributed by atoms with Gasteiger partial charge in [0.2, 0.25) is 0 Å². The largest absolute Gasteiger partial charge is 0.508 e. The second-order valence-electron chi connectivity index (χ2n) is 8.02. The minimum Gasteiger partial charge on any atom is -0.508 e. The van der Waals surface area contributed by atoms with Gasteiger partial charge in [-0.2, -0.15) is 0 Å². The molecule has 0 aliphatic rings. The fraction of sp³-hybridized carbons (Fsp3) is 0.111. The van der Waals surface area contributed by atoms with Crippen LogP contribution in [-0.2, 0) is 16.0 Å². The normalized spacial score (nSPS) is 11.6. The number of rotatable bonds is 7. The van der Waals surface area contributed by atoms with Crippen molar-refractivity contribution in [3.63, 3.8) is 0 Å². The maximum atomic E-state index is 13.0. The standard InChI is InChI=1S/C27H21ClN2O6/c1-36-27(35)24(11-15-5-8-19(31)9-6-15)30-25(32)23-14-21(26(33)34)20-13-17(7-10-22(20)29-23)16-3-2-4-18(28)12-16/h2-10,12-14,24,31H,11H2,1H3,(H,30,32)(H,33,34). The Morgan fingerprint density at radius 2 is 1.72 bits per heavy atom. The number of aromatic carboxylic acids is 1. The van der Waals surface area contributed by atoms with Crippen LogP contribution in [0.1, 0.15) is 26.4 Å². The van der Waals surface area contributed by atoms with Crippen LogP contribution in [0.3, 0.4) is 0 Å². The molecule has 1 unspecified atom stereocenters. The number of nitrogens with one attached hydrogen (secondary N) is 1. The molecule has 0 saturated carbocycles. The van der Waals surface area contributed by atoms with Gasteiger partial charge in [0, 0.05) is 16.8 Å². The zero-order valence-electron chi connectivity index (χ0n) is 19.1. The number of fused-ring (bicyclic) bond motifs is 1.